The molecule has 0 bridgehead atoms. The summed E-state index contributed by atoms with van der Waals surface area (Å²) in [4.78, 5) is 27.4. The molecule has 1 N–H and O–H groups in total. The van der Waals surface area contributed by atoms with Crippen molar-refractivity contribution in [2.75, 3.05) is 32.0 Å². The van der Waals surface area contributed by atoms with Crippen LogP contribution in [-0.4, -0.2) is 48.8 Å². The van der Waals surface area contributed by atoms with Gasteiger partial charge in [0.15, 0.2) is 0 Å². The van der Waals surface area contributed by atoms with Crippen LogP contribution in [0.15, 0.2) is 36.0 Å². The first-order valence-corrected chi connectivity index (χ1v) is 9.07. The quantitative estimate of drug-likeness (QED) is 0.739. The van der Waals surface area contributed by atoms with E-state index in [9.17, 15) is 9.59 Å². The monoisotopic (exact) mass is 343 g/mol. The Morgan fingerprint density at radius 2 is 2.00 bits per heavy atom. The number of nitrogens with one attached hydrogen (secondary N) is 1. The predicted molar refractivity (Wildman–Crippen MR) is 101 cm³/mol. The lowest BCUT2D eigenvalue weighted by Crippen LogP contribution is -2.42. The number of carbonyl (C=O) groups is 2. The van der Waals surface area contributed by atoms with Crippen LogP contribution in [0.2, 0.25) is 0 Å². The summed E-state index contributed by atoms with van der Waals surface area (Å²) in [7, 11) is 2.06. The number of hydrogen-bond donors (Lipinski definition) is 1. The molecule has 2 amide bonds. The van der Waals surface area contributed by atoms with Crippen molar-refractivity contribution in [1.82, 2.24) is 9.80 Å². The molecular formula is C20H29N3O2. The Morgan fingerprint density at radius 1 is 1.28 bits per heavy atom. The molecule has 136 valence electrons. The largest absolute Gasteiger partial charge is 0.377 e. The van der Waals surface area contributed by atoms with E-state index in [1.165, 1.54) is 5.70 Å². The molecule has 5 nitrogen and oxygen atoms in total. The second kappa shape index (κ2) is 9.25. The lowest BCUT2D eigenvalue weighted by molar-refractivity contribution is -0.135. The first kappa shape index (κ1) is 19.0. The molecule has 0 saturated carbocycles. The number of carbonyl (C=O) groups excluding carboxylic acids is 2. The molecule has 1 aliphatic rings. The maximum atomic E-state index is 12.5. The summed E-state index contributed by atoms with van der Waals surface area (Å²) in [6.07, 6.45) is 5.49. The number of para-hydroxylation sites is 1. The Bertz CT molecular complexity index is 623. The highest BCUT2D eigenvalue weighted by Gasteiger charge is 2.27. The first-order valence-electron chi connectivity index (χ1n) is 9.07. The van der Waals surface area contributed by atoms with E-state index >= 15 is 0 Å². The van der Waals surface area contributed by atoms with E-state index in [0.717, 1.165) is 50.1 Å². The third kappa shape index (κ3) is 4.84. The van der Waals surface area contributed by atoms with Gasteiger partial charge in [0, 0.05) is 38.1 Å². The Balaban J connectivity index is 1.98. The average Bonchev–Trinajstić information content (AvgIpc) is 2.63. The minimum Gasteiger partial charge on any atom is -0.377 e. The topological polar surface area (TPSA) is 52.7 Å². The van der Waals surface area contributed by atoms with E-state index in [0.29, 0.717) is 6.41 Å². The molecule has 0 radical (unpaired) electrons. The van der Waals surface area contributed by atoms with E-state index in [1.807, 2.05) is 43.0 Å². The fourth-order valence-corrected chi connectivity index (χ4v) is 3.43. The molecule has 1 heterocycles. The minimum atomic E-state index is 0.0534. The van der Waals surface area contributed by atoms with E-state index < -0.39 is 0 Å². The van der Waals surface area contributed by atoms with Crippen LogP contribution in [0.4, 0.5) is 5.69 Å². The van der Waals surface area contributed by atoms with E-state index in [1.54, 1.807) is 0 Å². The highest BCUT2D eigenvalue weighted by atomic mass is 16.2. The summed E-state index contributed by atoms with van der Waals surface area (Å²) in [6, 6.07) is 7.87. The van der Waals surface area contributed by atoms with Crippen LogP contribution in [0.1, 0.15) is 32.3 Å². The van der Waals surface area contributed by atoms with Gasteiger partial charge in [-0.3, -0.25) is 9.59 Å². The molecule has 2 rings (SSSR count). The molecule has 0 aliphatic carbocycles. The van der Waals surface area contributed by atoms with Gasteiger partial charge in [-0.1, -0.05) is 24.3 Å². The van der Waals surface area contributed by atoms with Gasteiger partial charge in [0.05, 0.1) is 5.92 Å². The molecule has 5 heteroatoms. The van der Waals surface area contributed by atoms with Crippen molar-refractivity contribution in [3.05, 3.63) is 41.6 Å². The van der Waals surface area contributed by atoms with Crippen molar-refractivity contribution in [3.63, 3.8) is 0 Å². The summed E-state index contributed by atoms with van der Waals surface area (Å²) < 4.78 is 0. The third-order valence-corrected chi connectivity index (χ3v) is 4.93. The summed E-state index contributed by atoms with van der Waals surface area (Å²) >= 11 is 0. The maximum Gasteiger partial charge on any atom is 0.227 e. The van der Waals surface area contributed by atoms with Gasteiger partial charge < -0.3 is 15.1 Å². The standard InChI is InChI=1S/C20H29N3O2/c1-4-23(5-2)20(25)17-11-13-18(22(3)14-17)12-10-16-8-6-7-9-19(16)21-15-24/h6-9,13,15,17H,4-5,10-12,14H2,1-3H3,(H,21,24). The molecular weight excluding hydrogens is 314 g/mol. The zero-order valence-corrected chi connectivity index (χ0v) is 15.5. The van der Waals surface area contributed by atoms with Gasteiger partial charge in [-0.2, -0.15) is 0 Å². The number of anilines is 1. The number of nitrogens with zero attached hydrogens (tertiary/aromatic N) is 2. The van der Waals surface area contributed by atoms with Crippen LogP contribution >= 0.6 is 0 Å². The Morgan fingerprint density at radius 3 is 2.64 bits per heavy atom. The Labute approximate surface area is 150 Å². The summed E-state index contributed by atoms with van der Waals surface area (Å²) in [5, 5.41) is 2.76. The summed E-state index contributed by atoms with van der Waals surface area (Å²) in [5.41, 5.74) is 3.26. The summed E-state index contributed by atoms with van der Waals surface area (Å²) in [6.45, 7) is 6.37. The second-order valence-electron chi connectivity index (χ2n) is 6.44. The fourth-order valence-electron chi connectivity index (χ4n) is 3.43. The molecule has 1 aliphatic heterocycles. The molecule has 0 aromatic heterocycles. The van der Waals surface area contributed by atoms with Crippen LogP contribution < -0.4 is 5.32 Å². The van der Waals surface area contributed by atoms with Crippen LogP contribution in [0.3, 0.4) is 0 Å². The lowest BCUT2D eigenvalue weighted by Gasteiger charge is -2.34. The number of amides is 2. The zero-order valence-electron chi connectivity index (χ0n) is 15.5. The smallest absolute Gasteiger partial charge is 0.227 e. The Kier molecular flexibility index (Phi) is 7.04. The number of allylic oxidation sites excluding steroid dienone is 2. The molecule has 1 aromatic carbocycles. The maximum absolute atomic E-state index is 12.5. The number of benzene rings is 1. The fraction of sp³-hybridized carbons (Fsp3) is 0.500. The highest BCUT2D eigenvalue weighted by Crippen LogP contribution is 2.25. The number of aryl methyl sites for hydroxylation is 1. The van der Waals surface area contributed by atoms with Crippen LogP contribution in [-0.2, 0) is 16.0 Å². The van der Waals surface area contributed by atoms with Crippen LogP contribution in [0.25, 0.3) is 0 Å². The van der Waals surface area contributed by atoms with Crippen molar-refractivity contribution >= 4 is 18.0 Å². The van der Waals surface area contributed by atoms with Gasteiger partial charge in [0.25, 0.3) is 0 Å². The lowest BCUT2D eigenvalue weighted by atomic mass is 9.95. The molecule has 0 saturated heterocycles. The molecule has 0 spiro atoms. The van der Waals surface area contributed by atoms with Gasteiger partial charge in [0.1, 0.15) is 0 Å². The Hall–Kier alpha value is -2.30. The van der Waals surface area contributed by atoms with Crippen LogP contribution in [0.5, 0.6) is 0 Å². The number of rotatable bonds is 8. The molecule has 1 atom stereocenters. The molecule has 1 unspecified atom stereocenters. The minimum absolute atomic E-state index is 0.0534. The second-order valence-corrected chi connectivity index (χ2v) is 6.44. The van der Waals surface area contributed by atoms with Crippen LogP contribution in [0, 0.1) is 5.92 Å². The van der Waals surface area contributed by atoms with Gasteiger partial charge >= 0.3 is 0 Å². The zero-order chi connectivity index (χ0) is 18.2. The van der Waals surface area contributed by atoms with Gasteiger partial charge in [-0.05, 0) is 44.7 Å². The predicted octanol–water partition coefficient (Wildman–Crippen LogP) is 2.89. The van der Waals surface area contributed by atoms with Gasteiger partial charge in [-0.15, -0.1) is 0 Å². The van der Waals surface area contributed by atoms with Crippen molar-refractivity contribution in [3.8, 4) is 0 Å². The van der Waals surface area contributed by atoms with Gasteiger partial charge in [0.2, 0.25) is 12.3 Å². The van der Waals surface area contributed by atoms with Crippen molar-refractivity contribution in [1.29, 1.82) is 0 Å². The molecule has 1 aromatic rings. The van der Waals surface area contributed by atoms with Crippen molar-refractivity contribution in [2.24, 2.45) is 5.92 Å². The average molecular weight is 343 g/mol. The summed E-state index contributed by atoms with van der Waals surface area (Å²) in [5.74, 6) is 0.311. The SMILES string of the molecule is CCN(CC)C(=O)C1CC=C(CCc2ccccc2NC=O)N(C)C1. The van der Waals surface area contributed by atoms with E-state index in [4.69, 9.17) is 0 Å². The normalized spacial score (nSPS) is 17.0. The molecule has 0 fully saturated rings. The highest BCUT2D eigenvalue weighted by molar-refractivity contribution is 5.79. The third-order valence-electron chi connectivity index (χ3n) is 4.93. The first-order chi connectivity index (χ1) is 12.1. The van der Waals surface area contributed by atoms with Crippen molar-refractivity contribution in [2.45, 2.75) is 33.1 Å². The molecule has 25 heavy (non-hydrogen) atoms. The van der Waals surface area contributed by atoms with E-state index in [2.05, 4.69) is 23.3 Å². The van der Waals surface area contributed by atoms with Crippen molar-refractivity contribution < 1.29 is 9.59 Å². The van der Waals surface area contributed by atoms with E-state index in [-0.39, 0.29) is 11.8 Å². The number of hydrogen-bond acceptors (Lipinski definition) is 3. The van der Waals surface area contributed by atoms with Gasteiger partial charge in [-0.25, -0.2) is 0 Å².